The zero-order chi connectivity index (χ0) is 20.0. The molecule has 2 heterocycles. The van der Waals surface area contributed by atoms with Crippen molar-refractivity contribution in [1.82, 2.24) is 15.0 Å². The van der Waals surface area contributed by atoms with Crippen LogP contribution in [0.4, 0.5) is 5.82 Å². The molecule has 0 radical (unpaired) electrons. The Morgan fingerprint density at radius 2 is 1.93 bits per heavy atom. The van der Waals surface area contributed by atoms with E-state index in [4.69, 9.17) is 9.26 Å². The van der Waals surface area contributed by atoms with Gasteiger partial charge in [-0.1, -0.05) is 44.2 Å². The standard InChI is InChI=1S/C20H34N4O4/c1-2-3-4-5-6-7-8-20(26)24(11-10-23-12-15-27-16-13-23)17-19(25)21-18-9-14-28-22-18/h9,14H,2-8,10-13,15-17H2,1H3,(H,21,22,25). The molecule has 2 amide bonds. The Morgan fingerprint density at radius 1 is 1.18 bits per heavy atom. The lowest BCUT2D eigenvalue weighted by atomic mass is 10.1. The molecule has 0 aliphatic carbocycles. The number of morpholine rings is 1. The van der Waals surface area contributed by atoms with Crippen LogP contribution in [0, 0.1) is 0 Å². The van der Waals surface area contributed by atoms with Gasteiger partial charge < -0.3 is 19.5 Å². The second-order valence-electron chi connectivity index (χ2n) is 7.22. The second kappa shape index (κ2) is 13.3. The molecule has 28 heavy (non-hydrogen) atoms. The fourth-order valence-electron chi connectivity index (χ4n) is 3.23. The number of hydrogen-bond acceptors (Lipinski definition) is 6. The van der Waals surface area contributed by atoms with Crippen LogP contribution in [0.5, 0.6) is 0 Å². The van der Waals surface area contributed by atoms with E-state index in [1.807, 2.05) is 0 Å². The van der Waals surface area contributed by atoms with Crippen molar-refractivity contribution in [3.8, 4) is 0 Å². The van der Waals surface area contributed by atoms with Crippen LogP contribution >= 0.6 is 0 Å². The molecule has 1 aromatic heterocycles. The predicted molar refractivity (Wildman–Crippen MR) is 107 cm³/mol. The number of anilines is 1. The third kappa shape index (κ3) is 8.84. The molecule has 1 saturated heterocycles. The van der Waals surface area contributed by atoms with Gasteiger partial charge in [-0.05, 0) is 6.42 Å². The molecular weight excluding hydrogens is 360 g/mol. The third-order valence-electron chi connectivity index (χ3n) is 4.93. The average Bonchev–Trinajstić information content (AvgIpc) is 3.21. The predicted octanol–water partition coefficient (Wildman–Crippen LogP) is 2.52. The zero-order valence-electron chi connectivity index (χ0n) is 17.0. The quantitative estimate of drug-likeness (QED) is 0.517. The third-order valence-corrected chi connectivity index (χ3v) is 4.93. The van der Waals surface area contributed by atoms with Crippen LogP contribution < -0.4 is 5.32 Å². The van der Waals surface area contributed by atoms with E-state index in [1.165, 1.54) is 31.9 Å². The number of unbranched alkanes of at least 4 members (excludes halogenated alkanes) is 5. The monoisotopic (exact) mass is 394 g/mol. The van der Waals surface area contributed by atoms with Gasteiger partial charge in [-0.3, -0.25) is 14.5 Å². The van der Waals surface area contributed by atoms with Crippen LogP contribution in [0.2, 0.25) is 0 Å². The van der Waals surface area contributed by atoms with Crippen molar-refractivity contribution in [1.29, 1.82) is 0 Å². The van der Waals surface area contributed by atoms with E-state index in [1.54, 1.807) is 11.0 Å². The van der Waals surface area contributed by atoms with Crippen molar-refractivity contribution in [2.75, 3.05) is 51.3 Å². The molecule has 2 rings (SSSR count). The summed E-state index contributed by atoms with van der Waals surface area (Å²) in [7, 11) is 0. The number of carbonyl (C=O) groups excluding carboxylic acids is 2. The Kier molecular flexibility index (Phi) is 10.6. The number of aromatic nitrogens is 1. The largest absolute Gasteiger partial charge is 0.379 e. The van der Waals surface area contributed by atoms with E-state index in [0.29, 0.717) is 18.8 Å². The molecule has 0 bridgehead atoms. The van der Waals surface area contributed by atoms with Crippen molar-refractivity contribution in [3.05, 3.63) is 12.3 Å². The molecule has 1 fully saturated rings. The molecule has 0 spiro atoms. The van der Waals surface area contributed by atoms with Crippen LogP contribution in [-0.4, -0.2) is 72.7 Å². The molecule has 0 unspecified atom stereocenters. The molecule has 8 nitrogen and oxygen atoms in total. The van der Waals surface area contributed by atoms with Crippen molar-refractivity contribution in [2.24, 2.45) is 0 Å². The molecule has 1 N–H and O–H groups in total. The topological polar surface area (TPSA) is 87.9 Å². The van der Waals surface area contributed by atoms with E-state index < -0.39 is 0 Å². The maximum absolute atomic E-state index is 12.7. The average molecular weight is 395 g/mol. The molecule has 158 valence electrons. The molecule has 8 heteroatoms. The minimum atomic E-state index is -0.257. The van der Waals surface area contributed by atoms with Crippen molar-refractivity contribution >= 4 is 17.6 Å². The highest BCUT2D eigenvalue weighted by Crippen LogP contribution is 2.09. The van der Waals surface area contributed by atoms with Gasteiger partial charge in [-0.25, -0.2) is 0 Å². The van der Waals surface area contributed by atoms with Gasteiger partial charge in [0.05, 0.1) is 19.8 Å². The number of nitrogens with one attached hydrogen (secondary N) is 1. The molecular formula is C20H34N4O4. The summed E-state index contributed by atoms with van der Waals surface area (Å²) in [5.41, 5.74) is 0. The summed E-state index contributed by atoms with van der Waals surface area (Å²) in [5.74, 6) is 0.146. The summed E-state index contributed by atoms with van der Waals surface area (Å²) in [6, 6.07) is 1.58. The molecule has 1 aromatic rings. The first-order valence-corrected chi connectivity index (χ1v) is 10.5. The Morgan fingerprint density at radius 3 is 2.64 bits per heavy atom. The van der Waals surface area contributed by atoms with E-state index in [0.717, 1.165) is 45.7 Å². The normalized spacial score (nSPS) is 14.8. The van der Waals surface area contributed by atoms with Crippen LogP contribution in [0.1, 0.15) is 51.9 Å². The first kappa shape index (κ1) is 22.4. The smallest absolute Gasteiger partial charge is 0.245 e. The minimum Gasteiger partial charge on any atom is -0.379 e. The summed E-state index contributed by atoms with van der Waals surface area (Å²) in [5, 5.41) is 6.34. The highest BCUT2D eigenvalue weighted by molar-refractivity contribution is 5.93. The van der Waals surface area contributed by atoms with Crippen LogP contribution in [0.3, 0.4) is 0 Å². The molecule has 0 atom stereocenters. The van der Waals surface area contributed by atoms with Gasteiger partial charge in [0, 0.05) is 38.7 Å². The molecule has 0 saturated carbocycles. The minimum absolute atomic E-state index is 0.0336. The molecule has 1 aliphatic rings. The summed E-state index contributed by atoms with van der Waals surface area (Å²) < 4.78 is 10.1. The highest BCUT2D eigenvalue weighted by atomic mass is 16.5. The van der Waals surface area contributed by atoms with E-state index in [-0.39, 0.29) is 18.4 Å². The van der Waals surface area contributed by atoms with Gasteiger partial charge in [0.1, 0.15) is 6.26 Å². The van der Waals surface area contributed by atoms with Gasteiger partial charge in [0.25, 0.3) is 0 Å². The lowest BCUT2D eigenvalue weighted by molar-refractivity contribution is -0.135. The lowest BCUT2D eigenvalue weighted by Crippen LogP contribution is -2.45. The summed E-state index contributed by atoms with van der Waals surface area (Å²) in [6.07, 6.45) is 8.70. The molecule has 0 aromatic carbocycles. The summed E-state index contributed by atoms with van der Waals surface area (Å²) >= 11 is 0. The van der Waals surface area contributed by atoms with Gasteiger partial charge in [0.15, 0.2) is 5.82 Å². The Bertz CT molecular complexity index is 559. The number of nitrogens with zero attached hydrogens (tertiary/aromatic N) is 3. The van der Waals surface area contributed by atoms with Crippen LogP contribution in [0.15, 0.2) is 16.9 Å². The highest BCUT2D eigenvalue weighted by Gasteiger charge is 2.19. The maximum Gasteiger partial charge on any atom is 0.245 e. The van der Waals surface area contributed by atoms with Crippen molar-refractivity contribution < 1.29 is 18.8 Å². The Labute approximate surface area is 167 Å². The van der Waals surface area contributed by atoms with E-state index in [2.05, 4.69) is 22.3 Å². The first-order valence-electron chi connectivity index (χ1n) is 10.5. The number of rotatable bonds is 13. The van der Waals surface area contributed by atoms with Gasteiger partial charge in [0.2, 0.25) is 11.8 Å². The first-order chi connectivity index (χ1) is 13.7. The van der Waals surface area contributed by atoms with Crippen LogP contribution in [-0.2, 0) is 14.3 Å². The van der Waals surface area contributed by atoms with E-state index >= 15 is 0 Å². The van der Waals surface area contributed by atoms with E-state index in [9.17, 15) is 9.59 Å². The Balaban J connectivity index is 1.79. The van der Waals surface area contributed by atoms with Gasteiger partial charge >= 0.3 is 0 Å². The number of amides is 2. The Hall–Kier alpha value is -1.93. The SMILES string of the molecule is CCCCCCCCC(=O)N(CCN1CCOCC1)CC(=O)Nc1ccon1. The zero-order valence-corrected chi connectivity index (χ0v) is 17.0. The van der Waals surface area contributed by atoms with Gasteiger partial charge in [-0.2, -0.15) is 0 Å². The molecule has 1 aliphatic heterocycles. The van der Waals surface area contributed by atoms with Gasteiger partial charge in [-0.15, -0.1) is 0 Å². The van der Waals surface area contributed by atoms with Crippen molar-refractivity contribution in [3.63, 3.8) is 0 Å². The summed E-state index contributed by atoms with van der Waals surface area (Å²) in [6.45, 7) is 6.70. The number of hydrogen-bond donors (Lipinski definition) is 1. The number of ether oxygens (including phenoxy) is 1. The van der Waals surface area contributed by atoms with Crippen LogP contribution in [0.25, 0.3) is 0 Å². The fourth-order valence-corrected chi connectivity index (χ4v) is 3.23. The fraction of sp³-hybridized carbons (Fsp3) is 0.750. The maximum atomic E-state index is 12.7. The summed E-state index contributed by atoms with van der Waals surface area (Å²) in [4.78, 5) is 28.9. The second-order valence-corrected chi connectivity index (χ2v) is 7.22. The number of carbonyl (C=O) groups is 2. The van der Waals surface area contributed by atoms with Crippen molar-refractivity contribution in [2.45, 2.75) is 51.9 Å². The lowest BCUT2D eigenvalue weighted by Gasteiger charge is -2.30.